The van der Waals surface area contributed by atoms with Gasteiger partial charge in [0.15, 0.2) is 0 Å². The Bertz CT molecular complexity index is 282. The molecule has 0 aromatic heterocycles. The van der Waals surface area contributed by atoms with Gasteiger partial charge in [0.05, 0.1) is 0 Å². The Morgan fingerprint density at radius 1 is 0.909 bits per heavy atom. The summed E-state index contributed by atoms with van der Waals surface area (Å²) in [5, 5.41) is 0. The van der Waals surface area contributed by atoms with E-state index in [-0.39, 0.29) is 5.41 Å². The fraction of sp³-hybridized carbons (Fsp3) is 1.00. The van der Waals surface area contributed by atoms with Crippen molar-refractivity contribution in [1.82, 2.24) is 0 Å². The third-order valence-electron chi connectivity index (χ3n) is 5.19. The molecule has 0 radical (unpaired) electrons. The summed E-state index contributed by atoms with van der Waals surface area (Å²) >= 11 is -2.42. The van der Waals surface area contributed by atoms with Gasteiger partial charge >= 0.3 is 144 Å². The van der Waals surface area contributed by atoms with Crippen LogP contribution in [0.25, 0.3) is 0 Å². The normalized spacial score (nSPS) is 22.1. The van der Waals surface area contributed by atoms with Gasteiger partial charge in [-0.15, -0.1) is 0 Å². The van der Waals surface area contributed by atoms with Crippen molar-refractivity contribution >= 4 is 18.8 Å². The summed E-state index contributed by atoms with van der Waals surface area (Å²) in [7, 11) is 0. The van der Waals surface area contributed by atoms with Crippen LogP contribution in [0.3, 0.4) is 0 Å². The fourth-order valence-electron chi connectivity index (χ4n) is 3.52. The molecule has 0 aromatic rings. The van der Waals surface area contributed by atoms with E-state index in [0.717, 1.165) is 6.61 Å². The topological polar surface area (TPSA) is 21.8 Å². The Balaban J connectivity index is 2.67. The van der Waals surface area contributed by atoms with Gasteiger partial charge in [0.1, 0.15) is 0 Å². The first kappa shape index (κ1) is 20.8. The minimum atomic E-state index is -2.42. The Kier molecular flexibility index (Phi) is 9.32. The average molecular weight is 419 g/mol. The van der Waals surface area contributed by atoms with Gasteiger partial charge in [-0.05, 0) is 0 Å². The first-order chi connectivity index (χ1) is 10.4. The maximum atomic E-state index is 6.88. The van der Waals surface area contributed by atoms with Gasteiger partial charge in [0, 0.05) is 0 Å². The maximum absolute atomic E-state index is 6.88. The Hall–Kier alpha value is 0.719. The molecule has 0 spiro atoms. The monoisotopic (exact) mass is 420 g/mol. The molecule has 1 heterocycles. The molecule has 2 unspecified atom stereocenters. The summed E-state index contributed by atoms with van der Waals surface area (Å²) in [6.45, 7) is 14.7. The molecule has 2 nitrogen and oxygen atoms in total. The number of rotatable bonds is 13. The van der Waals surface area contributed by atoms with E-state index in [1.54, 1.807) is 0 Å². The molecular weight excluding hydrogens is 379 g/mol. The van der Waals surface area contributed by atoms with Gasteiger partial charge in [-0.25, -0.2) is 0 Å². The van der Waals surface area contributed by atoms with E-state index < -0.39 is 18.8 Å². The third-order valence-corrected chi connectivity index (χ3v) is 18.2. The number of epoxide rings is 1. The predicted octanol–water partition coefficient (Wildman–Crippen LogP) is 6.16. The summed E-state index contributed by atoms with van der Waals surface area (Å²) in [6, 6.07) is 0. The predicted molar refractivity (Wildman–Crippen MR) is 99.0 cm³/mol. The number of ether oxygens (including phenoxy) is 1. The summed E-state index contributed by atoms with van der Waals surface area (Å²) in [5.74, 6) is 0. The van der Waals surface area contributed by atoms with Crippen molar-refractivity contribution in [1.29, 1.82) is 0 Å². The molecule has 0 aliphatic carbocycles. The second kappa shape index (κ2) is 9.88. The second-order valence-electron chi connectivity index (χ2n) is 8.03. The molecule has 0 saturated carbocycles. The van der Waals surface area contributed by atoms with E-state index >= 15 is 0 Å². The van der Waals surface area contributed by atoms with Crippen molar-refractivity contribution in [2.75, 3.05) is 6.61 Å². The summed E-state index contributed by atoms with van der Waals surface area (Å²) < 4.78 is 16.9. The van der Waals surface area contributed by atoms with Crippen molar-refractivity contribution in [3.63, 3.8) is 0 Å². The first-order valence-corrected chi connectivity index (χ1v) is 16.9. The molecule has 0 N–H and O–H groups in total. The fourth-order valence-corrected chi connectivity index (χ4v) is 17.4. The zero-order valence-corrected chi connectivity index (χ0v) is 18.9. The van der Waals surface area contributed by atoms with Crippen LogP contribution < -0.4 is 0 Å². The van der Waals surface area contributed by atoms with Gasteiger partial charge in [-0.3, -0.25) is 0 Å². The van der Waals surface area contributed by atoms with E-state index in [4.69, 9.17) is 7.81 Å². The molecule has 1 aliphatic heterocycles. The minimum absolute atomic E-state index is 0.187. The second-order valence-corrected chi connectivity index (χ2v) is 19.9. The van der Waals surface area contributed by atoms with Crippen LogP contribution in [0, 0.1) is 5.41 Å². The quantitative estimate of drug-likeness (QED) is 0.263. The van der Waals surface area contributed by atoms with Crippen LogP contribution in [0.15, 0.2) is 0 Å². The number of hydrogen-bond donors (Lipinski definition) is 0. The van der Waals surface area contributed by atoms with Crippen molar-refractivity contribution in [3.05, 3.63) is 0 Å². The van der Waals surface area contributed by atoms with Crippen LogP contribution in [0.5, 0.6) is 0 Å². The van der Waals surface area contributed by atoms with Crippen LogP contribution in [0.2, 0.25) is 13.3 Å². The van der Waals surface area contributed by atoms with E-state index in [1.165, 1.54) is 51.8 Å². The summed E-state index contributed by atoms with van der Waals surface area (Å²) in [5.41, 5.74) is 0.187. The van der Waals surface area contributed by atoms with Crippen molar-refractivity contribution < 1.29 is 7.81 Å². The van der Waals surface area contributed by atoms with Gasteiger partial charge in [0.25, 0.3) is 0 Å². The third kappa shape index (κ3) is 6.68. The first-order valence-electron chi connectivity index (χ1n) is 9.70. The molecule has 1 aliphatic rings. The molecule has 0 bridgehead atoms. The SMILES string of the molecule is CCC[CH2][Sn]([CH2]CCC)([CH2]CCC)[O]CC(C)(C)C1OC1C. The number of unbranched alkanes of at least 4 members (excludes halogenated alkanes) is 3. The standard InChI is InChI=1S/C7H13O2.3C4H9.Sn/c1-5-6(9-5)7(2,3)4-8;3*1-3-4-2;/h5-6H,4H2,1-3H3;3*1,3-4H2,2H3;/q-1;;;;+1. The van der Waals surface area contributed by atoms with E-state index in [0.29, 0.717) is 12.2 Å². The molecule has 3 heteroatoms. The molecular formula is C19H40O2Sn. The van der Waals surface area contributed by atoms with Crippen molar-refractivity contribution in [2.24, 2.45) is 5.41 Å². The Morgan fingerprint density at radius 2 is 1.32 bits per heavy atom. The van der Waals surface area contributed by atoms with Crippen LogP contribution in [0.1, 0.15) is 80.1 Å². The molecule has 22 heavy (non-hydrogen) atoms. The molecule has 132 valence electrons. The van der Waals surface area contributed by atoms with Crippen LogP contribution in [-0.4, -0.2) is 37.6 Å². The van der Waals surface area contributed by atoms with Crippen LogP contribution in [0.4, 0.5) is 0 Å². The number of hydrogen-bond acceptors (Lipinski definition) is 2. The van der Waals surface area contributed by atoms with Crippen LogP contribution >= 0.6 is 0 Å². The van der Waals surface area contributed by atoms with E-state index in [1.807, 2.05) is 0 Å². The van der Waals surface area contributed by atoms with Crippen molar-refractivity contribution in [3.8, 4) is 0 Å². The molecule has 0 amide bonds. The molecule has 1 fully saturated rings. The van der Waals surface area contributed by atoms with E-state index in [2.05, 4.69) is 41.5 Å². The molecule has 1 saturated heterocycles. The summed E-state index contributed by atoms with van der Waals surface area (Å²) in [6.07, 6.45) is 8.91. The summed E-state index contributed by atoms with van der Waals surface area (Å²) in [4.78, 5) is 0. The van der Waals surface area contributed by atoms with Crippen molar-refractivity contribution in [2.45, 2.75) is 106 Å². The van der Waals surface area contributed by atoms with E-state index in [9.17, 15) is 0 Å². The zero-order valence-electron chi connectivity index (χ0n) is 16.0. The Labute approximate surface area is 144 Å². The molecule has 2 atom stereocenters. The van der Waals surface area contributed by atoms with Gasteiger partial charge in [0.2, 0.25) is 0 Å². The molecule has 0 aromatic carbocycles. The molecule has 1 rings (SSSR count). The van der Waals surface area contributed by atoms with Gasteiger partial charge in [-0.1, -0.05) is 0 Å². The average Bonchev–Trinajstić information content (AvgIpc) is 3.24. The Morgan fingerprint density at radius 3 is 1.64 bits per heavy atom. The zero-order chi connectivity index (χ0) is 16.6. The van der Waals surface area contributed by atoms with Crippen LogP contribution in [-0.2, 0) is 7.81 Å². The van der Waals surface area contributed by atoms with Gasteiger partial charge < -0.3 is 0 Å². The van der Waals surface area contributed by atoms with Gasteiger partial charge in [-0.2, -0.15) is 0 Å².